The summed E-state index contributed by atoms with van der Waals surface area (Å²) in [4.78, 5) is 16.8. The number of amides is 1. The Morgan fingerprint density at radius 3 is 2.48 bits per heavy atom. The number of aromatic nitrogens is 1. The summed E-state index contributed by atoms with van der Waals surface area (Å²) < 4.78 is 38.3. The van der Waals surface area contributed by atoms with E-state index in [-0.39, 0.29) is 5.91 Å². The lowest BCUT2D eigenvalue weighted by Crippen LogP contribution is -2.23. The van der Waals surface area contributed by atoms with Gasteiger partial charge in [0.15, 0.2) is 5.13 Å². The molecule has 1 atom stereocenters. The fourth-order valence-corrected chi connectivity index (χ4v) is 3.89. The number of rotatable bonds is 5. The molecule has 3 nitrogen and oxygen atoms in total. The number of hydrogen-bond donors (Lipinski definition) is 1. The van der Waals surface area contributed by atoms with Gasteiger partial charge in [-0.3, -0.25) is 4.79 Å². The predicted molar refractivity (Wildman–Crippen MR) is 91.5 cm³/mol. The molecule has 0 bridgehead atoms. The van der Waals surface area contributed by atoms with Gasteiger partial charge < -0.3 is 5.32 Å². The Kier molecular flexibility index (Phi) is 5.42. The number of carbonyl (C=O) groups is 1. The van der Waals surface area contributed by atoms with Crippen LogP contribution >= 0.6 is 11.3 Å². The fraction of sp³-hybridized carbons (Fsp3) is 0.444. The van der Waals surface area contributed by atoms with Crippen molar-refractivity contribution in [3.63, 3.8) is 0 Å². The van der Waals surface area contributed by atoms with Gasteiger partial charge in [-0.1, -0.05) is 37.8 Å². The third-order valence-electron chi connectivity index (χ3n) is 4.66. The number of nitrogens with zero attached hydrogens (tertiary/aromatic N) is 1. The molecule has 1 aliphatic rings. The highest BCUT2D eigenvalue weighted by atomic mass is 32.1. The molecule has 1 heterocycles. The van der Waals surface area contributed by atoms with Crippen LogP contribution in [0, 0.1) is 5.92 Å². The van der Waals surface area contributed by atoms with E-state index in [4.69, 9.17) is 0 Å². The summed E-state index contributed by atoms with van der Waals surface area (Å²) in [6, 6.07) is 4.94. The van der Waals surface area contributed by atoms with Gasteiger partial charge in [-0.05, 0) is 30.0 Å². The molecule has 0 spiro atoms. The van der Waals surface area contributed by atoms with E-state index in [9.17, 15) is 18.0 Å². The molecule has 134 valence electrons. The van der Waals surface area contributed by atoms with Crippen LogP contribution in [-0.2, 0) is 11.0 Å². The Labute approximate surface area is 148 Å². The number of anilines is 1. The molecule has 3 rings (SSSR count). The molecule has 1 aromatic heterocycles. The number of benzene rings is 1. The van der Waals surface area contributed by atoms with E-state index in [2.05, 4.69) is 10.3 Å². The van der Waals surface area contributed by atoms with Gasteiger partial charge in [0.05, 0.1) is 11.5 Å². The Morgan fingerprint density at radius 1 is 1.24 bits per heavy atom. The van der Waals surface area contributed by atoms with Crippen molar-refractivity contribution < 1.29 is 18.0 Å². The number of hydrogen-bond acceptors (Lipinski definition) is 3. The quantitative estimate of drug-likeness (QED) is 0.761. The Bertz CT molecular complexity index is 692. The van der Waals surface area contributed by atoms with Crippen molar-refractivity contribution in [1.29, 1.82) is 0 Å². The highest BCUT2D eigenvalue weighted by Crippen LogP contribution is 2.36. The zero-order valence-electron chi connectivity index (χ0n) is 13.6. The summed E-state index contributed by atoms with van der Waals surface area (Å²) in [5, 5.41) is 5.06. The first kappa shape index (κ1) is 17.9. The smallest absolute Gasteiger partial charge is 0.301 e. The molecule has 1 N–H and O–H groups in total. The van der Waals surface area contributed by atoms with Crippen molar-refractivity contribution in [1.82, 2.24) is 4.98 Å². The number of nitrogens with one attached hydrogen (secondary N) is 1. The highest BCUT2D eigenvalue weighted by Gasteiger charge is 2.31. The SMILES string of the molecule is O=C(Nc1nccs1)C(CC1CCCC1)c1ccc(C(F)(F)F)cc1. The lowest BCUT2D eigenvalue weighted by Gasteiger charge is -2.20. The number of alkyl halides is 3. The van der Waals surface area contributed by atoms with Crippen LogP contribution in [0.4, 0.5) is 18.3 Å². The van der Waals surface area contributed by atoms with Crippen LogP contribution in [0.15, 0.2) is 35.8 Å². The second kappa shape index (κ2) is 7.56. The molecule has 25 heavy (non-hydrogen) atoms. The van der Waals surface area contributed by atoms with Crippen molar-refractivity contribution in [3.8, 4) is 0 Å². The van der Waals surface area contributed by atoms with E-state index in [1.807, 2.05) is 0 Å². The van der Waals surface area contributed by atoms with Crippen LogP contribution in [0.5, 0.6) is 0 Å². The summed E-state index contributed by atoms with van der Waals surface area (Å²) in [5.74, 6) is -0.231. The minimum Gasteiger partial charge on any atom is -0.301 e. The van der Waals surface area contributed by atoms with E-state index in [0.717, 1.165) is 37.8 Å². The second-order valence-electron chi connectivity index (χ2n) is 6.39. The van der Waals surface area contributed by atoms with Gasteiger partial charge in [0.25, 0.3) is 0 Å². The van der Waals surface area contributed by atoms with Gasteiger partial charge in [0.2, 0.25) is 5.91 Å². The normalized spacial score (nSPS) is 16.8. The largest absolute Gasteiger partial charge is 0.416 e. The molecule has 1 saturated carbocycles. The monoisotopic (exact) mass is 368 g/mol. The molecule has 1 aliphatic carbocycles. The Morgan fingerprint density at radius 2 is 1.92 bits per heavy atom. The van der Waals surface area contributed by atoms with Crippen molar-refractivity contribution >= 4 is 22.4 Å². The van der Waals surface area contributed by atoms with Crippen molar-refractivity contribution in [2.45, 2.75) is 44.2 Å². The molecule has 0 radical (unpaired) electrons. The molecule has 0 saturated heterocycles. The second-order valence-corrected chi connectivity index (χ2v) is 7.28. The zero-order valence-corrected chi connectivity index (χ0v) is 14.4. The van der Waals surface area contributed by atoms with Gasteiger partial charge in [-0.25, -0.2) is 4.98 Å². The van der Waals surface area contributed by atoms with Gasteiger partial charge in [0, 0.05) is 11.6 Å². The molecule has 7 heteroatoms. The third-order valence-corrected chi connectivity index (χ3v) is 5.35. The maximum absolute atomic E-state index is 12.8. The zero-order chi connectivity index (χ0) is 17.9. The van der Waals surface area contributed by atoms with E-state index in [1.165, 1.54) is 23.5 Å². The molecule has 1 fully saturated rings. The van der Waals surface area contributed by atoms with Gasteiger partial charge in [-0.2, -0.15) is 13.2 Å². The molecule has 1 aromatic carbocycles. The maximum atomic E-state index is 12.8. The van der Waals surface area contributed by atoms with Gasteiger partial charge in [-0.15, -0.1) is 11.3 Å². The molecule has 2 aromatic rings. The molecular formula is C18H19F3N2OS. The molecule has 1 amide bonds. The minimum absolute atomic E-state index is 0.207. The average Bonchev–Trinajstić information content (AvgIpc) is 3.25. The van der Waals surface area contributed by atoms with Crippen molar-refractivity contribution in [3.05, 3.63) is 47.0 Å². The summed E-state index contributed by atoms with van der Waals surface area (Å²) in [6.45, 7) is 0. The first-order valence-corrected chi connectivity index (χ1v) is 9.19. The first-order chi connectivity index (χ1) is 11.9. The van der Waals surface area contributed by atoms with Crippen LogP contribution in [0.1, 0.15) is 49.1 Å². The number of thiazole rings is 1. The van der Waals surface area contributed by atoms with Crippen LogP contribution in [0.2, 0.25) is 0 Å². The van der Waals surface area contributed by atoms with E-state index in [0.29, 0.717) is 23.0 Å². The van der Waals surface area contributed by atoms with Crippen LogP contribution in [-0.4, -0.2) is 10.9 Å². The fourth-order valence-electron chi connectivity index (χ4n) is 3.36. The summed E-state index contributed by atoms with van der Waals surface area (Å²) in [5.41, 5.74) is -0.0786. The summed E-state index contributed by atoms with van der Waals surface area (Å²) in [7, 11) is 0. The summed E-state index contributed by atoms with van der Waals surface area (Å²) >= 11 is 1.32. The number of carbonyl (C=O) groups excluding carboxylic acids is 1. The van der Waals surface area contributed by atoms with E-state index < -0.39 is 17.7 Å². The maximum Gasteiger partial charge on any atom is 0.416 e. The highest BCUT2D eigenvalue weighted by molar-refractivity contribution is 7.13. The molecule has 1 unspecified atom stereocenters. The van der Waals surface area contributed by atoms with Crippen LogP contribution in [0.25, 0.3) is 0 Å². The minimum atomic E-state index is -4.37. The lowest BCUT2D eigenvalue weighted by atomic mass is 9.87. The lowest BCUT2D eigenvalue weighted by molar-refractivity contribution is -0.137. The topological polar surface area (TPSA) is 42.0 Å². The van der Waals surface area contributed by atoms with Crippen LogP contribution < -0.4 is 5.32 Å². The van der Waals surface area contributed by atoms with E-state index >= 15 is 0 Å². The Balaban J connectivity index is 1.80. The standard InChI is InChI=1S/C18H19F3N2OS/c19-18(20,21)14-7-5-13(6-8-14)15(11-12-3-1-2-4-12)16(24)23-17-22-9-10-25-17/h5-10,12,15H,1-4,11H2,(H,22,23,24). The average molecular weight is 368 g/mol. The van der Waals surface area contributed by atoms with Gasteiger partial charge >= 0.3 is 6.18 Å². The number of halogens is 3. The van der Waals surface area contributed by atoms with Gasteiger partial charge in [0.1, 0.15) is 0 Å². The van der Waals surface area contributed by atoms with E-state index in [1.54, 1.807) is 11.6 Å². The predicted octanol–water partition coefficient (Wildman–Crippen LogP) is 5.46. The van der Waals surface area contributed by atoms with Crippen molar-refractivity contribution in [2.24, 2.45) is 5.92 Å². The first-order valence-electron chi connectivity index (χ1n) is 8.31. The van der Waals surface area contributed by atoms with Crippen molar-refractivity contribution in [2.75, 3.05) is 5.32 Å². The van der Waals surface area contributed by atoms with Crippen LogP contribution in [0.3, 0.4) is 0 Å². The third kappa shape index (κ3) is 4.60. The molecular weight excluding hydrogens is 349 g/mol. The molecule has 0 aliphatic heterocycles. The summed E-state index contributed by atoms with van der Waals surface area (Å²) in [6.07, 6.45) is 2.33. The Hall–Kier alpha value is -1.89.